The summed E-state index contributed by atoms with van der Waals surface area (Å²) in [5.41, 5.74) is 6.80. The maximum Gasteiger partial charge on any atom is 0.253 e. The van der Waals surface area contributed by atoms with E-state index >= 15 is 0 Å². The fourth-order valence-corrected chi connectivity index (χ4v) is 1.28. The Hall–Kier alpha value is -1.75. The predicted octanol–water partition coefficient (Wildman–Crippen LogP) is 0.133. The fraction of sp³-hybridized carbons (Fsp3) is 0.222. The molecule has 0 radical (unpaired) electrons. The summed E-state index contributed by atoms with van der Waals surface area (Å²) in [5, 5.41) is 5.44. The van der Waals surface area contributed by atoms with Crippen molar-refractivity contribution in [3.63, 3.8) is 0 Å². The lowest BCUT2D eigenvalue weighted by molar-refractivity contribution is -0.116. The minimum absolute atomic E-state index is 0.0570. The van der Waals surface area contributed by atoms with Crippen LogP contribution in [-0.4, -0.2) is 23.1 Å². The second-order valence-corrected chi connectivity index (χ2v) is 2.96. The van der Waals surface area contributed by atoms with Crippen molar-refractivity contribution in [2.75, 3.05) is 11.6 Å². The first-order chi connectivity index (χ1) is 6.81. The molecule has 2 N–H and O–H groups in total. The van der Waals surface area contributed by atoms with Gasteiger partial charge in [-0.3, -0.25) is 9.78 Å². The minimum Gasteiger partial charge on any atom is -0.325 e. The van der Waals surface area contributed by atoms with Crippen molar-refractivity contribution in [1.29, 1.82) is 0 Å². The number of carbonyl (C=O) groups is 1. The van der Waals surface area contributed by atoms with Crippen molar-refractivity contribution < 1.29 is 4.79 Å². The lowest BCUT2D eigenvalue weighted by Gasteiger charge is -2.09. The molecule has 0 bridgehead atoms. The van der Waals surface area contributed by atoms with Crippen LogP contribution in [0.2, 0.25) is 0 Å². The van der Waals surface area contributed by atoms with Crippen LogP contribution in [-0.2, 0) is 4.79 Å². The third kappa shape index (κ3) is 1.49. The van der Waals surface area contributed by atoms with E-state index in [2.05, 4.69) is 10.1 Å². The zero-order chi connectivity index (χ0) is 9.97. The summed E-state index contributed by atoms with van der Waals surface area (Å²) in [6.45, 7) is 0.322. The number of hydrazone groups is 1. The van der Waals surface area contributed by atoms with Gasteiger partial charge in [0.25, 0.3) is 5.91 Å². The number of aromatic nitrogens is 1. The van der Waals surface area contributed by atoms with E-state index in [-0.39, 0.29) is 5.91 Å². The predicted molar refractivity (Wildman–Crippen MR) is 52.8 cm³/mol. The standard InChI is InChI=1S/C9H10N4O/c10-5-7-4-9(14)13(12-7)8-2-1-3-11-6-8/h1-3,6H,4-5,10H2. The molecule has 1 aliphatic heterocycles. The number of amides is 1. The first-order valence-electron chi connectivity index (χ1n) is 4.30. The largest absolute Gasteiger partial charge is 0.325 e. The summed E-state index contributed by atoms with van der Waals surface area (Å²) in [5.74, 6) is -0.0570. The number of nitrogens with zero attached hydrogens (tertiary/aromatic N) is 3. The van der Waals surface area contributed by atoms with Crippen molar-refractivity contribution >= 4 is 17.3 Å². The minimum atomic E-state index is -0.0570. The average Bonchev–Trinajstić information content (AvgIpc) is 2.61. The van der Waals surface area contributed by atoms with Gasteiger partial charge in [-0.15, -0.1) is 0 Å². The lowest BCUT2D eigenvalue weighted by atomic mass is 10.3. The SMILES string of the molecule is NCC1=NN(c2cccnc2)C(=O)C1. The molecule has 2 heterocycles. The summed E-state index contributed by atoms with van der Waals surface area (Å²) < 4.78 is 0. The number of anilines is 1. The first-order valence-corrected chi connectivity index (χ1v) is 4.30. The maximum absolute atomic E-state index is 11.5. The highest BCUT2D eigenvalue weighted by Crippen LogP contribution is 2.18. The molecule has 1 amide bonds. The first kappa shape index (κ1) is 8.83. The highest BCUT2D eigenvalue weighted by atomic mass is 16.2. The Bertz CT molecular complexity index is 374. The molecule has 0 atom stereocenters. The third-order valence-corrected chi connectivity index (χ3v) is 1.96. The Labute approximate surface area is 81.2 Å². The number of hydrogen-bond acceptors (Lipinski definition) is 4. The average molecular weight is 190 g/mol. The van der Waals surface area contributed by atoms with Crippen molar-refractivity contribution in [2.24, 2.45) is 10.8 Å². The van der Waals surface area contributed by atoms with Crippen LogP contribution in [0.3, 0.4) is 0 Å². The molecule has 0 aromatic carbocycles. The summed E-state index contributed by atoms with van der Waals surface area (Å²) in [6.07, 6.45) is 3.56. The number of rotatable bonds is 2. The number of pyridine rings is 1. The Morgan fingerprint density at radius 3 is 3.00 bits per heavy atom. The molecule has 0 saturated heterocycles. The van der Waals surface area contributed by atoms with E-state index in [1.807, 2.05) is 0 Å². The zero-order valence-corrected chi connectivity index (χ0v) is 7.55. The van der Waals surface area contributed by atoms with Crippen LogP contribution in [0.15, 0.2) is 29.6 Å². The topological polar surface area (TPSA) is 71.6 Å². The van der Waals surface area contributed by atoms with E-state index in [1.54, 1.807) is 24.5 Å². The molecule has 2 rings (SSSR count). The molecule has 1 aliphatic rings. The molecule has 5 heteroatoms. The smallest absolute Gasteiger partial charge is 0.253 e. The number of nitrogens with two attached hydrogens (primary N) is 1. The Kier molecular flexibility index (Phi) is 2.24. The summed E-state index contributed by atoms with van der Waals surface area (Å²) >= 11 is 0. The van der Waals surface area contributed by atoms with Gasteiger partial charge in [0.05, 0.1) is 24.0 Å². The van der Waals surface area contributed by atoms with E-state index in [1.165, 1.54) is 5.01 Å². The Morgan fingerprint density at radius 1 is 1.57 bits per heavy atom. The molecule has 5 nitrogen and oxygen atoms in total. The summed E-state index contributed by atoms with van der Waals surface area (Å²) in [7, 11) is 0. The fourth-order valence-electron chi connectivity index (χ4n) is 1.28. The van der Waals surface area contributed by atoms with Gasteiger partial charge in [0.1, 0.15) is 0 Å². The van der Waals surface area contributed by atoms with Gasteiger partial charge in [-0.2, -0.15) is 10.1 Å². The van der Waals surface area contributed by atoms with Crippen molar-refractivity contribution in [3.8, 4) is 0 Å². The molecule has 1 aromatic rings. The van der Waals surface area contributed by atoms with Gasteiger partial charge in [0.2, 0.25) is 0 Å². The lowest BCUT2D eigenvalue weighted by Crippen LogP contribution is -2.19. The van der Waals surface area contributed by atoms with Crippen LogP contribution < -0.4 is 10.7 Å². The quantitative estimate of drug-likeness (QED) is 0.720. The molecule has 72 valence electrons. The second kappa shape index (κ2) is 3.55. The van der Waals surface area contributed by atoms with Crippen LogP contribution in [0.1, 0.15) is 6.42 Å². The van der Waals surface area contributed by atoms with E-state index < -0.39 is 0 Å². The van der Waals surface area contributed by atoms with Gasteiger partial charge in [-0.1, -0.05) is 0 Å². The maximum atomic E-state index is 11.5. The normalized spacial score (nSPS) is 15.9. The highest BCUT2D eigenvalue weighted by Gasteiger charge is 2.23. The monoisotopic (exact) mass is 190 g/mol. The van der Waals surface area contributed by atoms with E-state index in [9.17, 15) is 4.79 Å². The molecule has 1 aromatic heterocycles. The summed E-state index contributed by atoms with van der Waals surface area (Å²) in [6, 6.07) is 3.55. The van der Waals surface area contributed by atoms with E-state index in [0.29, 0.717) is 24.4 Å². The number of hydrogen-bond donors (Lipinski definition) is 1. The molecule has 0 saturated carbocycles. The molecule has 0 aliphatic carbocycles. The Morgan fingerprint density at radius 2 is 2.43 bits per heavy atom. The molecular weight excluding hydrogens is 180 g/mol. The summed E-state index contributed by atoms with van der Waals surface area (Å²) in [4.78, 5) is 15.4. The van der Waals surface area contributed by atoms with Crippen molar-refractivity contribution in [1.82, 2.24) is 4.98 Å². The van der Waals surface area contributed by atoms with E-state index in [0.717, 1.165) is 0 Å². The molecule has 0 unspecified atom stereocenters. The third-order valence-electron chi connectivity index (χ3n) is 1.96. The van der Waals surface area contributed by atoms with E-state index in [4.69, 9.17) is 5.73 Å². The van der Waals surface area contributed by atoms with Crippen molar-refractivity contribution in [2.45, 2.75) is 6.42 Å². The number of carbonyl (C=O) groups excluding carboxylic acids is 1. The Balaban J connectivity index is 2.28. The van der Waals surface area contributed by atoms with Crippen molar-refractivity contribution in [3.05, 3.63) is 24.5 Å². The van der Waals surface area contributed by atoms with Crippen LogP contribution >= 0.6 is 0 Å². The van der Waals surface area contributed by atoms with Gasteiger partial charge < -0.3 is 5.73 Å². The van der Waals surface area contributed by atoms with Crippen LogP contribution in [0.4, 0.5) is 5.69 Å². The van der Waals surface area contributed by atoms with Crippen LogP contribution in [0.5, 0.6) is 0 Å². The van der Waals surface area contributed by atoms with Crippen LogP contribution in [0, 0.1) is 0 Å². The van der Waals surface area contributed by atoms with Gasteiger partial charge in [-0.25, -0.2) is 0 Å². The molecule has 0 spiro atoms. The molecule has 14 heavy (non-hydrogen) atoms. The van der Waals surface area contributed by atoms with Gasteiger partial charge in [0.15, 0.2) is 0 Å². The zero-order valence-electron chi connectivity index (χ0n) is 7.55. The highest BCUT2D eigenvalue weighted by molar-refractivity contribution is 6.13. The van der Waals surface area contributed by atoms with Gasteiger partial charge in [0, 0.05) is 12.7 Å². The molecular formula is C9H10N4O. The van der Waals surface area contributed by atoms with Gasteiger partial charge in [-0.05, 0) is 12.1 Å². The second-order valence-electron chi connectivity index (χ2n) is 2.96. The van der Waals surface area contributed by atoms with Crippen LogP contribution in [0.25, 0.3) is 0 Å². The van der Waals surface area contributed by atoms with Gasteiger partial charge >= 0.3 is 0 Å². The molecule has 0 fully saturated rings.